The number of esters is 2. The lowest BCUT2D eigenvalue weighted by Crippen LogP contribution is -2.28. The zero-order valence-corrected chi connectivity index (χ0v) is 40.4. The number of aliphatic hydroxyl groups is 1. The summed E-state index contributed by atoms with van der Waals surface area (Å²) in [5.74, 6) is -0.580. The largest absolute Gasteiger partial charge is 0.462 e. The number of hydrogen-bond donors (Lipinski definition) is 1. The molecule has 0 rings (SSSR count). The van der Waals surface area contributed by atoms with Crippen molar-refractivity contribution in [2.45, 2.75) is 270 Å². The van der Waals surface area contributed by atoms with Crippen LogP contribution in [0.3, 0.4) is 0 Å². The normalized spacial score (nSPS) is 12.6. The molecule has 0 aliphatic carbocycles. The highest BCUT2D eigenvalue weighted by Crippen LogP contribution is 2.16. The molecule has 0 aliphatic heterocycles. The lowest BCUT2D eigenvalue weighted by molar-refractivity contribution is -0.161. The minimum atomic E-state index is -0.770. The van der Waals surface area contributed by atoms with Crippen molar-refractivity contribution < 1.29 is 24.2 Å². The molecule has 0 aliphatic rings. The summed E-state index contributed by atoms with van der Waals surface area (Å²) < 4.78 is 10.7. The Morgan fingerprint density at radius 2 is 0.705 bits per heavy atom. The van der Waals surface area contributed by atoms with Gasteiger partial charge in [-0.05, 0) is 57.8 Å². The van der Waals surface area contributed by atoms with Crippen molar-refractivity contribution in [1.29, 1.82) is 0 Å². The molecule has 0 saturated heterocycles. The third-order valence-corrected chi connectivity index (χ3v) is 11.6. The van der Waals surface area contributed by atoms with Crippen molar-refractivity contribution in [3.05, 3.63) is 60.8 Å². The minimum absolute atomic E-state index is 0.0626. The van der Waals surface area contributed by atoms with Crippen molar-refractivity contribution >= 4 is 11.9 Å². The van der Waals surface area contributed by atoms with Gasteiger partial charge in [-0.15, -0.1) is 0 Å². The van der Waals surface area contributed by atoms with Gasteiger partial charge in [0.15, 0.2) is 6.10 Å². The summed E-state index contributed by atoms with van der Waals surface area (Å²) >= 11 is 0. The van der Waals surface area contributed by atoms with Gasteiger partial charge in [0.2, 0.25) is 0 Å². The molecular weight excluding hydrogens is 753 g/mol. The predicted octanol–water partition coefficient (Wildman–Crippen LogP) is 17.5. The molecule has 5 nitrogen and oxygen atoms in total. The molecule has 0 radical (unpaired) electrons. The smallest absolute Gasteiger partial charge is 0.306 e. The molecule has 0 amide bonds. The van der Waals surface area contributed by atoms with E-state index in [9.17, 15) is 14.7 Å². The van der Waals surface area contributed by atoms with Gasteiger partial charge in [-0.25, -0.2) is 0 Å². The molecule has 1 unspecified atom stereocenters. The van der Waals surface area contributed by atoms with Crippen LogP contribution in [-0.2, 0) is 19.1 Å². The standard InChI is InChI=1S/C56H100O5/c1-3-5-7-9-11-13-15-17-19-21-22-23-24-25-26-27-28-29-30-31-32-33-34-35-37-39-41-43-45-47-49-51-56(59)61-54(52-57)53-60-55(58)50-48-46-44-42-40-38-36-20-18-16-14-12-10-8-6-4-2/h5,7,11,13,17,19,22-23,25-26,54,57H,3-4,6,8-10,12,14-16,18,20-21,24,27-53H2,1-2H3/b7-5-,13-11-,19-17-,23-22-,26-25-. The maximum atomic E-state index is 12.3. The van der Waals surface area contributed by atoms with Crippen LogP contribution < -0.4 is 0 Å². The molecule has 0 heterocycles. The van der Waals surface area contributed by atoms with Gasteiger partial charge in [0.05, 0.1) is 6.61 Å². The molecular formula is C56H100O5. The first-order valence-electron chi connectivity index (χ1n) is 26.3. The van der Waals surface area contributed by atoms with Crippen molar-refractivity contribution in [1.82, 2.24) is 0 Å². The maximum Gasteiger partial charge on any atom is 0.306 e. The quantitative estimate of drug-likeness (QED) is 0.0375. The van der Waals surface area contributed by atoms with Crippen LogP contribution in [0, 0.1) is 0 Å². The van der Waals surface area contributed by atoms with Crippen molar-refractivity contribution in [3.8, 4) is 0 Å². The van der Waals surface area contributed by atoms with E-state index in [0.717, 1.165) is 70.6 Å². The summed E-state index contributed by atoms with van der Waals surface area (Å²) in [4.78, 5) is 24.4. The predicted molar refractivity (Wildman–Crippen MR) is 265 cm³/mol. The number of allylic oxidation sites excluding steroid dienone is 10. The molecule has 0 saturated carbocycles. The monoisotopic (exact) mass is 853 g/mol. The van der Waals surface area contributed by atoms with Crippen molar-refractivity contribution in [2.75, 3.05) is 13.2 Å². The highest BCUT2D eigenvalue weighted by atomic mass is 16.6. The molecule has 0 aromatic rings. The fourth-order valence-electron chi connectivity index (χ4n) is 7.64. The van der Waals surface area contributed by atoms with Crippen LogP contribution in [0.2, 0.25) is 0 Å². The molecule has 1 atom stereocenters. The number of ether oxygens (including phenoxy) is 2. The zero-order valence-electron chi connectivity index (χ0n) is 40.4. The Morgan fingerprint density at radius 3 is 1.07 bits per heavy atom. The van der Waals surface area contributed by atoms with E-state index in [1.54, 1.807) is 0 Å². The molecule has 0 spiro atoms. The molecule has 5 heteroatoms. The van der Waals surface area contributed by atoms with Crippen LogP contribution in [0.5, 0.6) is 0 Å². The van der Waals surface area contributed by atoms with Crippen LogP contribution >= 0.6 is 0 Å². The highest BCUT2D eigenvalue weighted by Gasteiger charge is 2.16. The fourth-order valence-corrected chi connectivity index (χ4v) is 7.64. The van der Waals surface area contributed by atoms with E-state index in [2.05, 4.69) is 74.6 Å². The van der Waals surface area contributed by atoms with Gasteiger partial charge in [0.25, 0.3) is 0 Å². The van der Waals surface area contributed by atoms with Gasteiger partial charge in [0, 0.05) is 12.8 Å². The van der Waals surface area contributed by atoms with Gasteiger partial charge in [-0.3, -0.25) is 9.59 Å². The summed E-state index contributed by atoms with van der Waals surface area (Å²) in [6.07, 6.45) is 68.9. The second-order valence-corrected chi connectivity index (χ2v) is 17.6. The second kappa shape index (κ2) is 51.9. The Kier molecular flexibility index (Phi) is 49.9. The number of carbonyl (C=O) groups is 2. The zero-order chi connectivity index (χ0) is 44.2. The van der Waals surface area contributed by atoms with E-state index in [1.807, 2.05) is 0 Å². The molecule has 354 valence electrons. The first-order chi connectivity index (χ1) is 30.1. The van der Waals surface area contributed by atoms with Crippen LogP contribution in [0.1, 0.15) is 264 Å². The number of hydrogen-bond acceptors (Lipinski definition) is 5. The average molecular weight is 853 g/mol. The number of rotatable bonds is 48. The van der Waals surface area contributed by atoms with Crippen molar-refractivity contribution in [2.24, 2.45) is 0 Å². The van der Waals surface area contributed by atoms with Gasteiger partial charge in [0.1, 0.15) is 6.61 Å². The highest BCUT2D eigenvalue weighted by molar-refractivity contribution is 5.70. The van der Waals surface area contributed by atoms with E-state index in [0.29, 0.717) is 12.8 Å². The Morgan fingerprint density at radius 1 is 0.393 bits per heavy atom. The lowest BCUT2D eigenvalue weighted by atomic mass is 10.0. The molecule has 1 N–H and O–H groups in total. The topological polar surface area (TPSA) is 72.8 Å². The maximum absolute atomic E-state index is 12.3. The van der Waals surface area contributed by atoms with E-state index in [-0.39, 0.29) is 25.2 Å². The first kappa shape index (κ1) is 58.6. The molecule has 0 fully saturated rings. The minimum Gasteiger partial charge on any atom is -0.462 e. The lowest BCUT2D eigenvalue weighted by Gasteiger charge is -2.15. The molecule has 0 bridgehead atoms. The van der Waals surface area contributed by atoms with Crippen LogP contribution in [0.15, 0.2) is 60.8 Å². The SMILES string of the molecule is CC/C=C\C/C=C\C/C=C\C/C=C\C/C=C\CCCCCCCCCCCCCCCCCC(=O)OC(CO)COC(=O)CCCCCCCCCCCCCCCCCC. The Balaban J connectivity index is 3.47. The van der Waals surface area contributed by atoms with Gasteiger partial charge in [-0.2, -0.15) is 0 Å². The third kappa shape index (κ3) is 50.1. The summed E-state index contributed by atoms with van der Waals surface area (Å²) in [7, 11) is 0. The van der Waals surface area contributed by atoms with Crippen LogP contribution in [0.25, 0.3) is 0 Å². The fraction of sp³-hybridized carbons (Fsp3) is 0.786. The van der Waals surface area contributed by atoms with E-state index in [4.69, 9.17) is 9.47 Å². The molecule has 0 aromatic carbocycles. The Bertz CT molecular complexity index is 1060. The third-order valence-electron chi connectivity index (χ3n) is 11.6. The summed E-state index contributed by atoms with van der Waals surface area (Å²) in [6.45, 7) is 4.05. The summed E-state index contributed by atoms with van der Waals surface area (Å²) in [5, 5.41) is 9.63. The van der Waals surface area contributed by atoms with Gasteiger partial charge in [-0.1, -0.05) is 254 Å². The van der Waals surface area contributed by atoms with E-state index < -0.39 is 6.10 Å². The Hall–Kier alpha value is -2.40. The molecule has 0 aromatic heterocycles. The van der Waals surface area contributed by atoms with Crippen LogP contribution in [-0.4, -0.2) is 36.4 Å². The van der Waals surface area contributed by atoms with Gasteiger partial charge >= 0.3 is 11.9 Å². The van der Waals surface area contributed by atoms with E-state index in [1.165, 1.54) is 167 Å². The summed E-state index contributed by atoms with van der Waals surface area (Å²) in [6, 6.07) is 0. The number of carbonyl (C=O) groups excluding carboxylic acids is 2. The number of unbranched alkanes of at least 4 members (excludes halogenated alkanes) is 30. The summed E-state index contributed by atoms with van der Waals surface area (Å²) in [5.41, 5.74) is 0. The Labute approximate surface area is 379 Å². The van der Waals surface area contributed by atoms with Crippen LogP contribution in [0.4, 0.5) is 0 Å². The first-order valence-corrected chi connectivity index (χ1v) is 26.3. The molecule has 61 heavy (non-hydrogen) atoms. The van der Waals surface area contributed by atoms with Crippen molar-refractivity contribution in [3.63, 3.8) is 0 Å². The van der Waals surface area contributed by atoms with Gasteiger partial charge < -0.3 is 14.6 Å². The van der Waals surface area contributed by atoms with E-state index >= 15 is 0 Å². The number of aliphatic hydroxyl groups excluding tert-OH is 1. The second-order valence-electron chi connectivity index (χ2n) is 17.6. The average Bonchev–Trinajstić information content (AvgIpc) is 3.26.